The van der Waals surface area contributed by atoms with Gasteiger partial charge in [-0.3, -0.25) is 0 Å². The second-order valence-corrected chi connectivity index (χ2v) is 10.8. The Bertz CT molecular complexity index is 1380. The SMILES string of the molecule is CCC(C(=O)O)n1c2c(c3cc(F)cc(S(C)(=O)=O)c31)CC(NC(=O)OCc1ccccc1)CC2. The standard InChI is InChI=1S/C25H27FN2O6S/c1-3-20(24(29)30)28-21-10-9-17(27-25(31)34-14-15-7-5-4-6-8-15)13-18(21)19-11-16(26)12-22(23(19)28)35(2,32)33/h4-8,11-12,17,20H,3,9-10,13-14H2,1-2H3,(H,27,31)(H,29,30). The maximum absolute atomic E-state index is 14.5. The van der Waals surface area contributed by atoms with E-state index in [1.54, 1.807) is 6.92 Å². The number of ether oxygens (including phenoxy) is 1. The second-order valence-electron chi connectivity index (χ2n) is 8.78. The highest BCUT2D eigenvalue weighted by Crippen LogP contribution is 2.39. The molecule has 1 amide bonds. The number of carboxylic acid groups (broad SMARTS) is 1. The summed E-state index contributed by atoms with van der Waals surface area (Å²) in [6.07, 6.45) is 1.79. The van der Waals surface area contributed by atoms with Crippen LogP contribution in [0.15, 0.2) is 47.4 Å². The largest absolute Gasteiger partial charge is 0.480 e. The minimum Gasteiger partial charge on any atom is -0.480 e. The van der Waals surface area contributed by atoms with E-state index < -0.39 is 33.8 Å². The molecule has 3 aromatic rings. The van der Waals surface area contributed by atoms with Crippen LogP contribution >= 0.6 is 0 Å². The van der Waals surface area contributed by atoms with E-state index in [1.807, 2.05) is 30.3 Å². The molecule has 4 rings (SSSR count). The number of aliphatic carboxylic acids is 1. The lowest BCUT2D eigenvalue weighted by Gasteiger charge is -2.26. The summed E-state index contributed by atoms with van der Waals surface area (Å²) < 4.78 is 46.5. The van der Waals surface area contributed by atoms with Crippen LogP contribution in [0.2, 0.25) is 0 Å². The molecular formula is C25H27FN2O6S. The molecule has 1 aromatic heterocycles. The molecule has 1 aliphatic carbocycles. The van der Waals surface area contributed by atoms with E-state index >= 15 is 0 Å². The van der Waals surface area contributed by atoms with Crippen molar-refractivity contribution in [2.75, 3.05) is 6.26 Å². The fraction of sp³-hybridized carbons (Fsp3) is 0.360. The van der Waals surface area contributed by atoms with Crippen LogP contribution in [-0.4, -0.2) is 42.5 Å². The third-order valence-corrected chi connectivity index (χ3v) is 7.45. The van der Waals surface area contributed by atoms with Gasteiger partial charge in [0.15, 0.2) is 9.84 Å². The second kappa shape index (κ2) is 9.69. The van der Waals surface area contributed by atoms with Crippen molar-refractivity contribution in [1.29, 1.82) is 0 Å². The maximum atomic E-state index is 14.5. The van der Waals surface area contributed by atoms with E-state index in [9.17, 15) is 27.5 Å². The molecule has 2 atom stereocenters. The molecule has 1 heterocycles. The Hall–Kier alpha value is -3.40. The van der Waals surface area contributed by atoms with E-state index in [2.05, 4.69) is 5.32 Å². The van der Waals surface area contributed by atoms with Gasteiger partial charge in [0.1, 0.15) is 18.5 Å². The maximum Gasteiger partial charge on any atom is 0.407 e. The number of carboxylic acids is 1. The Morgan fingerprint density at radius 3 is 2.60 bits per heavy atom. The highest BCUT2D eigenvalue weighted by atomic mass is 32.2. The van der Waals surface area contributed by atoms with Gasteiger partial charge >= 0.3 is 12.1 Å². The number of carbonyl (C=O) groups is 2. The molecule has 0 fully saturated rings. The number of halogens is 1. The Morgan fingerprint density at radius 1 is 1.26 bits per heavy atom. The van der Waals surface area contributed by atoms with Gasteiger partial charge in [-0.1, -0.05) is 37.3 Å². The molecule has 0 spiro atoms. The summed E-state index contributed by atoms with van der Waals surface area (Å²) in [5.74, 6) is -1.82. The van der Waals surface area contributed by atoms with Gasteiger partial charge in [-0.2, -0.15) is 0 Å². The lowest BCUT2D eigenvalue weighted by Crippen LogP contribution is -2.39. The molecule has 0 saturated heterocycles. The van der Waals surface area contributed by atoms with Crippen molar-refractivity contribution in [3.05, 3.63) is 65.1 Å². The van der Waals surface area contributed by atoms with Crippen molar-refractivity contribution >= 4 is 32.8 Å². The number of rotatable bonds is 7. The number of hydrogen-bond acceptors (Lipinski definition) is 5. The highest BCUT2D eigenvalue weighted by molar-refractivity contribution is 7.91. The molecule has 1 aliphatic rings. The van der Waals surface area contributed by atoms with Crippen LogP contribution in [0.25, 0.3) is 10.9 Å². The molecule has 35 heavy (non-hydrogen) atoms. The number of alkyl carbamates (subject to hydrolysis) is 1. The third-order valence-electron chi connectivity index (χ3n) is 6.34. The summed E-state index contributed by atoms with van der Waals surface area (Å²) >= 11 is 0. The molecule has 8 nitrogen and oxygen atoms in total. The summed E-state index contributed by atoms with van der Waals surface area (Å²) in [5.41, 5.74) is 2.34. The average Bonchev–Trinajstić information content (AvgIpc) is 3.11. The fourth-order valence-electron chi connectivity index (χ4n) is 4.80. The number of carbonyl (C=O) groups excluding carboxylic acids is 1. The van der Waals surface area contributed by atoms with Crippen LogP contribution < -0.4 is 5.32 Å². The zero-order valence-electron chi connectivity index (χ0n) is 19.5. The van der Waals surface area contributed by atoms with E-state index in [0.29, 0.717) is 35.9 Å². The first-order valence-corrected chi connectivity index (χ1v) is 13.2. The number of fused-ring (bicyclic) bond motifs is 3. The predicted molar refractivity (Wildman–Crippen MR) is 128 cm³/mol. The molecule has 2 N–H and O–H groups in total. The van der Waals surface area contributed by atoms with Crippen molar-refractivity contribution in [1.82, 2.24) is 9.88 Å². The first-order chi connectivity index (χ1) is 16.6. The minimum absolute atomic E-state index is 0.115. The van der Waals surface area contributed by atoms with Gasteiger partial charge in [-0.25, -0.2) is 22.4 Å². The van der Waals surface area contributed by atoms with Gasteiger partial charge < -0.3 is 19.7 Å². The lowest BCUT2D eigenvalue weighted by atomic mass is 9.91. The highest BCUT2D eigenvalue weighted by Gasteiger charge is 2.33. The van der Waals surface area contributed by atoms with E-state index in [1.165, 1.54) is 10.6 Å². The van der Waals surface area contributed by atoms with E-state index in [0.717, 1.165) is 17.9 Å². The van der Waals surface area contributed by atoms with Crippen molar-refractivity contribution in [3.8, 4) is 0 Å². The summed E-state index contributed by atoms with van der Waals surface area (Å²) in [6, 6.07) is 10.1. The summed E-state index contributed by atoms with van der Waals surface area (Å²) in [5, 5.41) is 13.0. The minimum atomic E-state index is -3.85. The third kappa shape index (κ3) is 5.02. The van der Waals surface area contributed by atoms with Gasteiger partial charge in [0.25, 0.3) is 0 Å². The Morgan fingerprint density at radius 2 is 1.97 bits per heavy atom. The number of benzene rings is 2. The summed E-state index contributed by atoms with van der Waals surface area (Å²) in [6.45, 7) is 1.82. The van der Waals surface area contributed by atoms with Gasteiger partial charge in [0.05, 0.1) is 10.4 Å². The van der Waals surface area contributed by atoms with E-state index in [4.69, 9.17) is 4.74 Å². The molecule has 0 bridgehead atoms. The molecule has 2 aromatic carbocycles. The number of amides is 1. The topological polar surface area (TPSA) is 115 Å². The first-order valence-electron chi connectivity index (χ1n) is 11.4. The van der Waals surface area contributed by atoms with Gasteiger partial charge in [0, 0.05) is 23.4 Å². The van der Waals surface area contributed by atoms with Crippen LogP contribution in [0.3, 0.4) is 0 Å². The van der Waals surface area contributed by atoms with Crippen LogP contribution in [-0.2, 0) is 38.8 Å². The van der Waals surface area contributed by atoms with Crippen LogP contribution in [0.1, 0.15) is 42.6 Å². The van der Waals surface area contributed by atoms with Crippen molar-refractivity contribution in [2.45, 2.75) is 56.2 Å². The van der Waals surface area contributed by atoms with Gasteiger partial charge in [-0.05, 0) is 48.9 Å². The molecule has 0 aliphatic heterocycles. The zero-order valence-corrected chi connectivity index (χ0v) is 20.3. The van der Waals surface area contributed by atoms with Crippen LogP contribution in [0.5, 0.6) is 0 Å². The molecule has 2 unspecified atom stereocenters. The molecule has 0 radical (unpaired) electrons. The summed E-state index contributed by atoms with van der Waals surface area (Å²) in [4.78, 5) is 24.2. The zero-order chi connectivity index (χ0) is 25.3. The van der Waals surface area contributed by atoms with Gasteiger partial charge in [0.2, 0.25) is 0 Å². The Kier molecular flexibility index (Phi) is 6.84. The number of sulfone groups is 1. The lowest BCUT2D eigenvalue weighted by molar-refractivity contribution is -0.140. The van der Waals surface area contributed by atoms with Gasteiger partial charge in [-0.15, -0.1) is 0 Å². The van der Waals surface area contributed by atoms with Crippen molar-refractivity contribution < 1.29 is 32.2 Å². The molecule has 186 valence electrons. The smallest absolute Gasteiger partial charge is 0.407 e. The quantitative estimate of drug-likeness (QED) is 0.505. The normalized spacial score (nSPS) is 16.5. The first kappa shape index (κ1) is 24.7. The Balaban J connectivity index is 1.70. The molecular weight excluding hydrogens is 475 g/mol. The molecule has 0 saturated carbocycles. The van der Waals surface area contributed by atoms with Crippen molar-refractivity contribution in [2.24, 2.45) is 0 Å². The fourth-order valence-corrected chi connectivity index (χ4v) is 5.68. The number of aromatic nitrogens is 1. The number of nitrogens with zero attached hydrogens (tertiary/aromatic N) is 1. The number of nitrogens with one attached hydrogen (secondary N) is 1. The Labute approximate surface area is 202 Å². The van der Waals surface area contributed by atoms with E-state index in [-0.39, 0.29) is 29.5 Å². The van der Waals surface area contributed by atoms with Crippen molar-refractivity contribution in [3.63, 3.8) is 0 Å². The molecule has 10 heteroatoms. The summed E-state index contributed by atoms with van der Waals surface area (Å²) in [7, 11) is -3.85. The average molecular weight is 503 g/mol. The monoisotopic (exact) mass is 502 g/mol. The van der Waals surface area contributed by atoms with Crippen LogP contribution in [0.4, 0.5) is 9.18 Å². The predicted octanol–water partition coefficient (Wildman–Crippen LogP) is 4.00. The van der Waals surface area contributed by atoms with Crippen LogP contribution in [0, 0.1) is 5.82 Å². The number of hydrogen-bond donors (Lipinski definition) is 2.